The van der Waals surface area contributed by atoms with Crippen LogP contribution in [0.3, 0.4) is 0 Å². The van der Waals surface area contributed by atoms with Crippen molar-refractivity contribution < 1.29 is 19.1 Å². The summed E-state index contributed by atoms with van der Waals surface area (Å²) in [7, 11) is 0. The molecular formula is C14H16Cl2N2O4. The zero-order valence-electron chi connectivity index (χ0n) is 12.1. The highest BCUT2D eigenvalue weighted by Crippen LogP contribution is 2.25. The van der Waals surface area contributed by atoms with Crippen molar-refractivity contribution in [3.05, 3.63) is 33.8 Å². The maximum atomic E-state index is 12.0. The van der Waals surface area contributed by atoms with Gasteiger partial charge in [-0.3, -0.25) is 14.9 Å². The van der Waals surface area contributed by atoms with Crippen molar-refractivity contribution in [1.29, 1.82) is 0 Å². The predicted molar refractivity (Wildman–Crippen MR) is 82.6 cm³/mol. The fourth-order valence-corrected chi connectivity index (χ4v) is 2.24. The Bertz CT molecular complexity index is 570. The number of primary amides is 1. The van der Waals surface area contributed by atoms with Gasteiger partial charge in [0.25, 0.3) is 5.91 Å². The van der Waals surface area contributed by atoms with Crippen LogP contribution < -0.4 is 11.1 Å². The van der Waals surface area contributed by atoms with E-state index in [0.29, 0.717) is 15.6 Å². The smallest absolute Gasteiger partial charge is 0.318 e. The molecule has 22 heavy (non-hydrogen) atoms. The molecule has 0 fully saturated rings. The topological polar surface area (TPSA) is 98.5 Å². The summed E-state index contributed by atoms with van der Waals surface area (Å²) < 4.78 is 5.11. The first kappa shape index (κ1) is 18.3. The highest BCUT2D eigenvalue weighted by atomic mass is 35.5. The third-order valence-electron chi connectivity index (χ3n) is 2.75. The molecule has 1 aromatic rings. The summed E-state index contributed by atoms with van der Waals surface area (Å²) in [6.07, 6.45) is -1.33. The van der Waals surface area contributed by atoms with Crippen LogP contribution in [0.2, 0.25) is 10.0 Å². The van der Waals surface area contributed by atoms with Gasteiger partial charge in [-0.05, 0) is 18.1 Å². The highest BCUT2D eigenvalue weighted by molar-refractivity contribution is 6.36. The van der Waals surface area contributed by atoms with Crippen molar-refractivity contribution in [1.82, 2.24) is 5.32 Å². The third kappa shape index (κ3) is 5.20. The average molecular weight is 347 g/mol. The van der Waals surface area contributed by atoms with E-state index in [1.807, 2.05) is 5.32 Å². The largest absolute Gasteiger partial charge is 0.452 e. The number of rotatable bonds is 5. The van der Waals surface area contributed by atoms with Crippen LogP contribution in [0, 0.1) is 5.92 Å². The molecule has 0 radical (unpaired) electrons. The molecule has 0 aliphatic rings. The lowest BCUT2D eigenvalue weighted by Crippen LogP contribution is -2.45. The van der Waals surface area contributed by atoms with E-state index in [2.05, 4.69) is 0 Å². The molecule has 0 aliphatic heterocycles. The highest BCUT2D eigenvalue weighted by Gasteiger charge is 2.27. The maximum absolute atomic E-state index is 12.0. The molecule has 1 rings (SSSR count). The lowest BCUT2D eigenvalue weighted by atomic mass is 10.1. The van der Waals surface area contributed by atoms with Crippen LogP contribution in [0.15, 0.2) is 18.2 Å². The van der Waals surface area contributed by atoms with E-state index in [0.717, 1.165) is 0 Å². The van der Waals surface area contributed by atoms with Gasteiger partial charge < -0.3 is 10.5 Å². The number of ether oxygens (including phenoxy) is 1. The summed E-state index contributed by atoms with van der Waals surface area (Å²) in [6, 6.07) is 3.82. The molecule has 0 saturated carbocycles. The summed E-state index contributed by atoms with van der Waals surface area (Å²) in [5.74, 6) is -1.81. The van der Waals surface area contributed by atoms with Crippen LogP contribution in [0.4, 0.5) is 4.79 Å². The minimum atomic E-state index is -1.14. The molecule has 0 aromatic heterocycles. The Morgan fingerprint density at radius 3 is 2.23 bits per heavy atom. The number of nitrogens with one attached hydrogen (secondary N) is 1. The van der Waals surface area contributed by atoms with Gasteiger partial charge in [0.1, 0.15) is 0 Å². The molecule has 3 N–H and O–H groups in total. The Morgan fingerprint density at radius 2 is 1.77 bits per heavy atom. The fourth-order valence-electron chi connectivity index (χ4n) is 1.71. The van der Waals surface area contributed by atoms with E-state index >= 15 is 0 Å². The number of hydrogen-bond acceptors (Lipinski definition) is 4. The standard InChI is InChI=1S/C14H16Cl2N2O4/c1-7(2)12(13(20)18-14(17)21)22-11(19)6-8-9(15)4-3-5-10(8)16/h3-5,7,12H,6H2,1-2H3,(H3,17,18,20,21)/t12-/m0/s1. The third-order valence-corrected chi connectivity index (χ3v) is 3.46. The van der Waals surface area contributed by atoms with E-state index < -0.39 is 24.0 Å². The molecule has 8 heteroatoms. The Hall–Kier alpha value is -1.79. The first-order valence-electron chi connectivity index (χ1n) is 6.45. The quantitative estimate of drug-likeness (QED) is 0.799. The first-order valence-corrected chi connectivity index (χ1v) is 7.20. The van der Waals surface area contributed by atoms with Gasteiger partial charge in [-0.2, -0.15) is 0 Å². The second kappa shape index (κ2) is 8.00. The number of imide groups is 1. The minimum absolute atomic E-state index is 0.189. The number of hydrogen-bond donors (Lipinski definition) is 2. The maximum Gasteiger partial charge on any atom is 0.318 e. The summed E-state index contributed by atoms with van der Waals surface area (Å²) in [4.78, 5) is 34.5. The molecule has 0 unspecified atom stereocenters. The monoisotopic (exact) mass is 346 g/mol. The van der Waals surface area contributed by atoms with Crippen LogP contribution in [0.25, 0.3) is 0 Å². The van der Waals surface area contributed by atoms with Crippen molar-refractivity contribution in [2.45, 2.75) is 26.4 Å². The van der Waals surface area contributed by atoms with Crippen molar-refractivity contribution in [3.63, 3.8) is 0 Å². The number of esters is 1. The van der Waals surface area contributed by atoms with E-state index in [1.165, 1.54) is 0 Å². The van der Waals surface area contributed by atoms with Crippen molar-refractivity contribution in [3.8, 4) is 0 Å². The Morgan fingerprint density at radius 1 is 1.23 bits per heavy atom. The van der Waals surface area contributed by atoms with E-state index in [4.69, 9.17) is 33.7 Å². The summed E-state index contributed by atoms with van der Waals surface area (Å²) in [6.45, 7) is 3.34. The Labute approximate surface area is 137 Å². The lowest BCUT2D eigenvalue weighted by molar-refractivity contribution is -0.157. The van der Waals surface area contributed by atoms with Crippen molar-refractivity contribution >= 4 is 41.1 Å². The predicted octanol–water partition coefficient (Wildman–Crippen LogP) is 2.30. The van der Waals surface area contributed by atoms with Gasteiger partial charge in [0.15, 0.2) is 6.10 Å². The minimum Gasteiger partial charge on any atom is -0.452 e. The zero-order valence-corrected chi connectivity index (χ0v) is 13.6. The number of nitrogens with two attached hydrogens (primary N) is 1. The number of carbonyl (C=O) groups excluding carboxylic acids is 3. The van der Waals surface area contributed by atoms with Gasteiger partial charge in [0.2, 0.25) is 0 Å². The Balaban J connectivity index is 2.80. The molecule has 120 valence electrons. The zero-order chi connectivity index (χ0) is 16.9. The number of amides is 3. The van der Waals surface area contributed by atoms with Gasteiger partial charge in [0, 0.05) is 15.6 Å². The van der Waals surface area contributed by atoms with E-state index in [9.17, 15) is 14.4 Å². The van der Waals surface area contributed by atoms with Gasteiger partial charge in [-0.15, -0.1) is 0 Å². The van der Waals surface area contributed by atoms with Crippen molar-refractivity contribution in [2.24, 2.45) is 11.7 Å². The molecule has 1 atom stereocenters. The molecule has 3 amide bonds. The van der Waals surface area contributed by atoms with Gasteiger partial charge in [-0.25, -0.2) is 4.79 Å². The van der Waals surface area contributed by atoms with Crippen LogP contribution >= 0.6 is 23.2 Å². The summed E-state index contributed by atoms with van der Waals surface area (Å²) in [5.41, 5.74) is 5.29. The molecule has 0 aliphatic carbocycles. The molecule has 0 spiro atoms. The molecule has 6 nitrogen and oxygen atoms in total. The molecular weight excluding hydrogens is 331 g/mol. The van der Waals surface area contributed by atoms with Crippen molar-refractivity contribution in [2.75, 3.05) is 0 Å². The molecule has 1 aromatic carbocycles. The fraction of sp³-hybridized carbons (Fsp3) is 0.357. The second-order valence-corrected chi connectivity index (χ2v) is 5.70. The summed E-state index contributed by atoms with van der Waals surface area (Å²) >= 11 is 11.9. The number of halogens is 2. The molecule has 0 heterocycles. The van der Waals surface area contributed by atoms with Gasteiger partial charge in [0.05, 0.1) is 6.42 Å². The number of carbonyl (C=O) groups is 3. The van der Waals surface area contributed by atoms with Crippen LogP contribution in [0.5, 0.6) is 0 Å². The SMILES string of the molecule is CC(C)[C@H](OC(=O)Cc1c(Cl)cccc1Cl)C(=O)NC(N)=O. The van der Waals surface area contributed by atoms with Crippen LogP contribution in [-0.2, 0) is 20.7 Å². The molecule has 0 saturated heterocycles. The lowest BCUT2D eigenvalue weighted by Gasteiger charge is -2.20. The molecule has 0 bridgehead atoms. The second-order valence-electron chi connectivity index (χ2n) is 4.88. The van der Waals surface area contributed by atoms with Crippen LogP contribution in [-0.4, -0.2) is 24.0 Å². The average Bonchev–Trinajstić information content (AvgIpc) is 2.39. The number of benzene rings is 1. The Kier molecular flexibility index (Phi) is 6.64. The van der Waals surface area contributed by atoms with Crippen LogP contribution in [0.1, 0.15) is 19.4 Å². The normalized spacial score (nSPS) is 11.9. The van der Waals surface area contributed by atoms with E-state index in [1.54, 1.807) is 32.0 Å². The number of urea groups is 1. The first-order chi connectivity index (χ1) is 10.2. The van der Waals surface area contributed by atoms with Gasteiger partial charge >= 0.3 is 12.0 Å². The van der Waals surface area contributed by atoms with Gasteiger partial charge in [-0.1, -0.05) is 43.1 Å². The van der Waals surface area contributed by atoms with E-state index in [-0.39, 0.29) is 12.3 Å². The summed E-state index contributed by atoms with van der Waals surface area (Å²) in [5, 5.41) is 2.54.